The lowest BCUT2D eigenvalue weighted by atomic mass is 9.78. The second-order valence-corrected chi connectivity index (χ2v) is 13.2. The van der Waals surface area contributed by atoms with Crippen LogP contribution in [0.15, 0.2) is 0 Å². The predicted molar refractivity (Wildman–Crippen MR) is 150 cm³/mol. The Hall–Kier alpha value is -0.770. The van der Waals surface area contributed by atoms with E-state index in [2.05, 4.69) is 14.0 Å². The summed E-state index contributed by atoms with van der Waals surface area (Å²) >= 11 is 0. The van der Waals surface area contributed by atoms with Crippen LogP contribution in [0.1, 0.15) is 137 Å². The zero-order chi connectivity index (χ0) is 25.6. The summed E-state index contributed by atoms with van der Waals surface area (Å²) in [6.45, 7) is 14.0. The fourth-order valence-electron chi connectivity index (χ4n) is 6.30. The van der Waals surface area contributed by atoms with Gasteiger partial charge in [-0.25, -0.2) is 4.79 Å². The number of rotatable bonds is 15. The number of hydrogen-bond acceptors (Lipinski definition) is 2. The Morgan fingerprint density at radius 2 is 1.17 bits per heavy atom. The van der Waals surface area contributed by atoms with Crippen LogP contribution in [0.2, 0.25) is 0 Å². The van der Waals surface area contributed by atoms with Crippen LogP contribution in [0.25, 0.3) is 0 Å². The van der Waals surface area contributed by atoms with Gasteiger partial charge in [-0.1, -0.05) is 77.6 Å². The van der Waals surface area contributed by atoms with Crippen LogP contribution < -0.4 is 0 Å². The third-order valence-electron chi connectivity index (χ3n) is 8.74. The molecule has 0 spiro atoms. The van der Waals surface area contributed by atoms with Crippen molar-refractivity contribution >= 4 is 6.09 Å². The van der Waals surface area contributed by atoms with E-state index in [1.165, 1.54) is 120 Å². The van der Waals surface area contributed by atoms with Gasteiger partial charge in [-0.05, 0) is 71.1 Å². The van der Waals surface area contributed by atoms with E-state index in [1.807, 2.05) is 25.7 Å². The van der Waals surface area contributed by atoms with Gasteiger partial charge in [0, 0.05) is 13.1 Å². The molecular formula is C31H61N2O2+. The number of likely N-dealkylation sites (tertiary alicyclic amines) is 2. The molecule has 0 radical (unpaired) electrons. The van der Waals surface area contributed by atoms with Crippen molar-refractivity contribution in [3.05, 3.63) is 0 Å². The normalized spacial score (nSPS) is 24.0. The van der Waals surface area contributed by atoms with Crippen LogP contribution in [-0.4, -0.2) is 60.8 Å². The molecule has 0 aromatic rings. The van der Waals surface area contributed by atoms with Crippen molar-refractivity contribution in [2.24, 2.45) is 11.8 Å². The Bertz CT molecular complexity index is 555. The number of unbranched alkanes of at least 4 members (excludes halogenated alkanes) is 12. The maximum Gasteiger partial charge on any atom is 0.410 e. The van der Waals surface area contributed by atoms with Crippen molar-refractivity contribution in [3.63, 3.8) is 0 Å². The molecule has 0 aliphatic carbocycles. The van der Waals surface area contributed by atoms with Crippen LogP contribution in [0, 0.1) is 11.8 Å². The molecule has 0 N–H and O–H groups in total. The molecule has 2 heterocycles. The van der Waals surface area contributed by atoms with E-state index in [0.717, 1.165) is 37.8 Å². The Balaban J connectivity index is 1.48. The number of nitrogens with zero attached hydrogens (tertiary/aromatic N) is 2. The fraction of sp³-hybridized carbons (Fsp3) is 0.968. The quantitative estimate of drug-likeness (QED) is 0.169. The molecule has 2 rings (SSSR count). The molecule has 0 aromatic heterocycles. The van der Waals surface area contributed by atoms with Crippen molar-refractivity contribution in [1.82, 2.24) is 4.90 Å². The second kappa shape index (κ2) is 16.2. The van der Waals surface area contributed by atoms with Crippen molar-refractivity contribution in [1.29, 1.82) is 0 Å². The topological polar surface area (TPSA) is 29.5 Å². The summed E-state index contributed by atoms with van der Waals surface area (Å²) in [6, 6.07) is 0. The fourth-order valence-corrected chi connectivity index (χ4v) is 6.30. The van der Waals surface area contributed by atoms with Gasteiger partial charge in [0.1, 0.15) is 5.60 Å². The first kappa shape index (κ1) is 30.5. The Labute approximate surface area is 219 Å². The van der Waals surface area contributed by atoms with E-state index in [0.29, 0.717) is 0 Å². The molecule has 2 saturated heterocycles. The molecule has 35 heavy (non-hydrogen) atoms. The van der Waals surface area contributed by atoms with Crippen molar-refractivity contribution < 1.29 is 14.0 Å². The van der Waals surface area contributed by atoms with Crippen LogP contribution in [-0.2, 0) is 4.74 Å². The first-order chi connectivity index (χ1) is 16.7. The molecule has 4 heteroatoms. The van der Waals surface area contributed by atoms with Crippen LogP contribution >= 0.6 is 0 Å². The van der Waals surface area contributed by atoms with E-state index >= 15 is 0 Å². The SMILES string of the molecule is CCCCCCCCCCCCCCC[N+]1(C)CCC(C2CCN(C(=O)OC(C)(C)C)CC2)CC1. The van der Waals surface area contributed by atoms with Gasteiger partial charge < -0.3 is 14.1 Å². The summed E-state index contributed by atoms with van der Waals surface area (Å²) in [7, 11) is 2.50. The summed E-state index contributed by atoms with van der Waals surface area (Å²) in [5, 5.41) is 0. The largest absolute Gasteiger partial charge is 0.444 e. The molecule has 4 nitrogen and oxygen atoms in total. The van der Waals surface area contributed by atoms with Crippen molar-refractivity contribution in [3.8, 4) is 0 Å². The number of carbonyl (C=O) groups is 1. The minimum absolute atomic E-state index is 0.123. The van der Waals surface area contributed by atoms with Gasteiger partial charge in [0.2, 0.25) is 0 Å². The molecule has 0 saturated carbocycles. The summed E-state index contributed by atoms with van der Waals surface area (Å²) in [6.07, 6.45) is 23.7. The third kappa shape index (κ3) is 12.8. The lowest BCUT2D eigenvalue weighted by Gasteiger charge is -2.44. The third-order valence-corrected chi connectivity index (χ3v) is 8.74. The Kier molecular flexibility index (Phi) is 14.1. The number of ether oxygens (including phenoxy) is 1. The lowest BCUT2D eigenvalue weighted by molar-refractivity contribution is -0.915. The predicted octanol–water partition coefficient (Wildman–Crippen LogP) is 8.58. The highest BCUT2D eigenvalue weighted by molar-refractivity contribution is 5.68. The molecule has 2 fully saturated rings. The lowest BCUT2D eigenvalue weighted by Crippen LogP contribution is -2.52. The summed E-state index contributed by atoms with van der Waals surface area (Å²) in [5.74, 6) is 1.67. The molecule has 0 unspecified atom stereocenters. The molecule has 0 atom stereocenters. The van der Waals surface area contributed by atoms with Gasteiger partial charge in [-0.15, -0.1) is 0 Å². The second-order valence-electron chi connectivity index (χ2n) is 13.2. The molecule has 1 amide bonds. The Morgan fingerprint density at radius 1 is 0.743 bits per heavy atom. The van der Waals surface area contributed by atoms with Gasteiger partial charge in [0.15, 0.2) is 0 Å². The maximum atomic E-state index is 12.3. The molecule has 0 bridgehead atoms. The molecule has 2 aliphatic rings. The highest BCUT2D eigenvalue weighted by atomic mass is 16.6. The minimum Gasteiger partial charge on any atom is -0.444 e. The van der Waals surface area contributed by atoms with Crippen LogP contribution in [0.5, 0.6) is 0 Å². The summed E-state index contributed by atoms with van der Waals surface area (Å²) in [4.78, 5) is 14.3. The van der Waals surface area contributed by atoms with Crippen LogP contribution in [0.3, 0.4) is 0 Å². The van der Waals surface area contributed by atoms with E-state index < -0.39 is 5.60 Å². The van der Waals surface area contributed by atoms with Gasteiger partial charge >= 0.3 is 6.09 Å². The summed E-state index contributed by atoms with van der Waals surface area (Å²) in [5.41, 5.74) is -0.396. The molecule has 2 aliphatic heterocycles. The Morgan fingerprint density at radius 3 is 1.63 bits per heavy atom. The molecular weight excluding hydrogens is 432 g/mol. The zero-order valence-corrected chi connectivity index (χ0v) is 24.4. The number of hydrogen-bond donors (Lipinski definition) is 0. The zero-order valence-electron chi connectivity index (χ0n) is 24.4. The van der Waals surface area contributed by atoms with Gasteiger partial charge in [0.05, 0.1) is 26.7 Å². The van der Waals surface area contributed by atoms with Gasteiger partial charge in [-0.3, -0.25) is 0 Å². The highest BCUT2D eigenvalue weighted by Crippen LogP contribution is 2.34. The highest BCUT2D eigenvalue weighted by Gasteiger charge is 2.36. The number of carbonyl (C=O) groups excluding carboxylic acids is 1. The maximum absolute atomic E-state index is 12.3. The molecule has 206 valence electrons. The van der Waals surface area contributed by atoms with Crippen molar-refractivity contribution in [2.75, 3.05) is 39.8 Å². The average Bonchev–Trinajstić information content (AvgIpc) is 2.81. The summed E-state index contributed by atoms with van der Waals surface area (Å²) < 4.78 is 6.87. The smallest absolute Gasteiger partial charge is 0.410 e. The van der Waals surface area contributed by atoms with E-state index in [-0.39, 0.29) is 6.09 Å². The van der Waals surface area contributed by atoms with E-state index in [4.69, 9.17) is 4.74 Å². The van der Waals surface area contributed by atoms with Gasteiger partial charge in [-0.2, -0.15) is 0 Å². The number of quaternary nitrogens is 1. The number of amides is 1. The van der Waals surface area contributed by atoms with Crippen molar-refractivity contribution in [2.45, 2.75) is 142 Å². The monoisotopic (exact) mass is 493 g/mol. The molecule has 0 aromatic carbocycles. The van der Waals surface area contributed by atoms with Crippen LogP contribution in [0.4, 0.5) is 4.79 Å². The minimum atomic E-state index is -0.396. The van der Waals surface area contributed by atoms with E-state index in [1.54, 1.807) is 0 Å². The average molecular weight is 494 g/mol. The van der Waals surface area contributed by atoms with Gasteiger partial charge in [0.25, 0.3) is 0 Å². The first-order valence-corrected chi connectivity index (χ1v) is 15.5. The van der Waals surface area contributed by atoms with E-state index in [9.17, 15) is 4.79 Å². The first-order valence-electron chi connectivity index (χ1n) is 15.5. The standard InChI is InChI=1S/C31H61N2O2/c1-6-7-8-9-10-11-12-13-14-15-16-17-18-25-33(5)26-21-29(22-27-33)28-19-23-32(24-20-28)30(34)35-31(2,3)4/h28-29H,6-27H2,1-5H3/q+1. The number of piperidine rings is 2.